The van der Waals surface area contributed by atoms with E-state index in [0.717, 1.165) is 48.3 Å². The molecule has 30 heavy (non-hydrogen) atoms. The molecule has 1 saturated heterocycles. The molecule has 1 aliphatic carbocycles. The second kappa shape index (κ2) is 8.60. The van der Waals surface area contributed by atoms with Crippen LogP contribution in [-0.2, 0) is 16.0 Å². The standard InChI is InChI=1S/C22H26Cl2N4O2/c1-13-18(14(2)28(26-13)20-8-5-16(23)10-19(20)24)11-21(29)27-9-3-4-15(12-27)22(30)25-17-6-7-17/h5,8,10,15,17H,3-4,6-7,9,11-12H2,1-2H3,(H,25,30). The van der Waals surface area contributed by atoms with Gasteiger partial charge in [0.05, 0.1) is 28.7 Å². The normalized spacial score (nSPS) is 19.1. The van der Waals surface area contributed by atoms with Crippen molar-refractivity contribution in [2.45, 2.75) is 52.0 Å². The Hall–Kier alpha value is -2.05. The number of likely N-dealkylation sites (tertiary alicyclic amines) is 1. The molecule has 4 rings (SSSR count). The fourth-order valence-corrected chi connectivity index (χ4v) is 4.53. The average Bonchev–Trinajstić information content (AvgIpc) is 3.49. The van der Waals surface area contributed by atoms with Crippen LogP contribution in [0.15, 0.2) is 18.2 Å². The summed E-state index contributed by atoms with van der Waals surface area (Å²) in [5.74, 6) is 0.0144. The van der Waals surface area contributed by atoms with Gasteiger partial charge >= 0.3 is 0 Å². The molecular weight excluding hydrogens is 423 g/mol. The number of piperidine rings is 1. The Bertz CT molecular complexity index is 984. The van der Waals surface area contributed by atoms with Crippen LogP contribution in [0.25, 0.3) is 5.69 Å². The molecule has 160 valence electrons. The quantitative estimate of drug-likeness (QED) is 0.754. The minimum Gasteiger partial charge on any atom is -0.353 e. The van der Waals surface area contributed by atoms with Crippen molar-refractivity contribution in [2.75, 3.05) is 13.1 Å². The van der Waals surface area contributed by atoms with Crippen molar-refractivity contribution in [3.63, 3.8) is 0 Å². The summed E-state index contributed by atoms with van der Waals surface area (Å²) < 4.78 is 1.76. The maximum Gasteiger partial charge on any atom is 0.227 e. The Kier molecular flexibility index (Phi) is 6.07. The molecule has 1 atom stereocenters. The van der Waals surface area contributed by atoms with Crippen LogP contribution < -0.4 is 5.32 Å². The number of halogens is 2. The summed E-state index contributed by atoms with van der Waals surface area (Å²) in [6, 6.07) is 5.62. The van der Waals surface area contributed by atoms with Gasteiger partial charge in [0, 0.05) is 35.4 Å². The topological polar surface area (TPSA) is 67.2 Å². The SMILES string of the molecule is Cc1nn(-c2ccc(Cl)cc2Cl)c(C)c1CC(=O)N1CCCC(C(=O)NC2CC2)C1. The number of hydrogen-bond donors (Lipinski definition) is 1. The van der Waals surface area contributed by atoms with Crippen LogP contribution in [0.4, 0.5) is 0 Å². The Morgan fingerprint density at radius 2 is 1.97 bits per heavy atom. The molecule has 2 heterocycles. The van der Waals surface area contributed by atoms with Crippen molar-refractivity contribution in [1.29, 1.82) is 0 Å². The van der Waals surface area contributed by atoms with E-state index in [1.54, 1.807) is 16.8 Å². The molecule has 0 spiro atoms. The number of benzene rings is 1. The zero-order valence-electron chi connectivity index (χ0n) is 17.3. The van der Waals surface area contributed by atoms with Gasteiger partial charge < -0.3 is 10.2 Å². The predicted octanol–water partition coefficient (Wildman–Crippen LogP) is 3.86. The minimum atomic E-state index is -0.110. The smallest absolute Gasteiger partial charge is 0.227 e. The van der Waals surface area contributed by atoms with Crippen LogP contribution in [0.1, 0.15) is 42.6 Å². The predicted molar refractivity (Wildman–Crippen MR) is 117 cm³/mol. The number of aromatic nitrogens is 2. The van der Waals surface area contributed by atoms with Gasteiger partial charge in [0.2, 0.25) is 11.8 Å². The Morgan fingerprint density at radius 3 is 2.67 bits per heavy atom. The number of rotatable bonds is 5. The Morgan fingerprint density at radius 1 is 1.20 bits per heavy atom. The van der Waals surface area contributed by atoms with Crippen molar-refractivity contribution in [3.8, 4) is 5.69 Å². The Balaban J connectivity index is 1.47. The summed E-state index contributed by atoms with van der Waals surface area (Å²) >= 11 is 12.4. The molecule has 2 fully saturated rings. The number of carbonyl (C=O) groups excluding carboxylic acids is 2. The van der Waals surface area contributed by atoms with Gasteiger partial charge in [-0.25, -0.2) is 4.68 Å². The van der Waals surface area contributed by atoms with Gasteiger partial charge in [-0.05, 0) is 57.7 Å². The highest BCUT2D eigenvalue weighted by Gasteiger charge is 2.32. The van der Waals surface area contributed by atoms with E-state index >= 15 is 0 Å². The van der Waals surface area contributed by atoms with E-state index in [1.165, 1.54) is 0 Å². The van der Waals surface area contributed by atoms with Crippen molar-refractivity contribution in [1.82, 2.24) is 20.0 Å². The molecule has 8 heteroatoms. The lowest BCUT2D eigenvalue weighted by Gasteiger charge is -2.32. The van der Waals surface area contributed by atoms with E-state index < -0.39 is 0 Å². The largest absolute Gasteiger partial charge is 0.353 e. The first kappa shape index (κ1) is 21.2. The van der Waals surface area contributed by atoms with E-state index in [4.69, 9.17) is 23.2 Å². The maximum atomic E-state index is 13.0. The van der Waals surface area contributed by atoms with E-state index in [9.17, 15) is 9.59 Å². The Labute approximate surface area is 186 Å². The number of nitrogens with one attached hydrogen (secondary N) is 1. The van der Waals surface area contributed by atoms with Crippen LogP contribution in [0, 0.1) is 19.8 Å². The van der Waals surface area contributed by atoms with Gasteiger partial charge in [0.15, 0.2) is 0 Å². The molecule has 1 N–H and O–H groups in total. The van der Waals surface area contributed by atoms with Crippen LogP contribution in [0.5, 0.6) is 0 Å². The minimum absolute atomic E-state index is 0.0341. The van der Waals surface area contributed by atoms with Crippen molar-refractivity contribution < 1.29 is 9.59 Å². The van der Waals surface area contributed by atoms with Crippen LogP contribution in [0.3, 0.4) is 0 Å². The fourth-order valence-electron chi connectivity index (χ4n) is 4.05. The second-order valence-electron chi connectivity index (χ2n) is 8.30. The van der Waals surface area contributed by atoms with Gasteiger partial charge in [-0.3, -0.25) is 9.59 Å². The number of amides is 2. The van der Waals surface area contributed by atoms with Crippen molar-refractivity contribution in [3.05, 3.63) is 45.2 Å². The van der Waals surface area contributed by atoms with Gasteiger partial charge in [-0.1, -0.05) is 23.2 Å². The van der Waals surface area contributed by atoms with Gasteiger partial charge in [0.25, 0.3) is 0 Å². The first-order chi connectivity index (χ1) is 14.3. The molecule has 1 unspecified atom stereocenters. The second-order valence-corrected chi connectivity index (χ2v) is 9.14. The summed E-state index contributed by atoms with van der Waals surface area (Å²) in [6.45, 7) is 5.03. The average molecular weight is 449 g/mol. The number of nitrogens with zero attached hydrogens (tertiary/aromatic N) is 3. The lowest BCUT2D eigenvalue weighted by Crippen LogP contribution is -2.46. The highest BCUT2D eigenvalue weighted by molar-refractivity contribution is 6.35. The molecule has 0 radical (unpaired) electrons. The van der Waals surface area contributed by atoms with Crippen LogP contribution in [-0.4, -0.2) is 45.6 Å². The van der Waals surface area contributed by atoms with Gasteiger partial charge in [-0.2, -0.15) is 5.10 Å². The van der Waals surface area contributed by atoms with E-state index in [-0.39, 0.29) is 24.2 Å². The molecule has 2 amide bonds. The molecule has 2 aliphatic rings. The van der Waals surface area contributed by atoms with E-state index in [0.29, 0.717) is 29.2 Å². The zero-order valence-corrected chi connectivity index (χ0v) is 18.8. The third-order valence-corrected chi connectivity index (χ3v) is 6.51. The highest BCUT2D eigenvalue weighted by Crippen LogP contribution is 2.28. The van der Waals surface area contributed by atoms with Gasteiger partial charge in [-0.15, -0.1) is 0 Å². The van der Waals surface area contributed by atoms with Gasteiger partial charge in [0.1, 0.15) is 0 Å². The monoisotopic (exact) mass is 448 g/mol. The summed E-state index contributed by atoms with van der Waals surface area (Å²) in [7, 11) is 0. The summed E-state index contributed by atoms with van der Waals surface area (Å²) in [5, 5.41) is 8.74. The molecule has 1 aromatic carbocycles. The van der Waals surface area contributed by atoms with E-state index in [1.807, 2.05) is 24.8 Å². The molecule has 6 nitrogen and oxygen atoms in total. The fraction of sp³-hybridized carbons (Fsp3) is 0.500. The third kappa shape index (κ3) is 4.49. The summed E-state index contributed by atoms with van der Waals surface area (Å²) in [5.41, 5.74) is 3.31. The lowest BCUT2D eigenvalue weighted by atomic mass is 9.96. The molecular formula is C22H26Cl2N4O2. The number of aryl methyl sites for hydroxylation is 1. The summed E-state index contributed by atoms with van der Waals surface area (Å²) in [4.78, 5) is 27.3. The lowest BCUT2D eigenvalue weighted by molar-refractivity contribution is -0.135. The molecule has 1 aromatic heterocycles. The molecule has 1 aliphatic heterocycles. The molecule has 0 bridgehead atoms. The third-order valence-electron chi connectivity index (χ3n) is 5.98. The van der Waals surface area contributed by atoms with Crippen molar-refractivity contribution >= 4 is 35.0 Å². The first-order valence-corrected chi connectivity index (χ1v) is 11.2. The summed E-state index contributed by atoms with van der Waals surface area (Å²) in [6.07, 6.45) is 4.10. The first-order valence-electron chi connectivity index (χ1n) is 10.4. The van der Waals surface area contributed by atoms with E-state index in [2.05, 4.69) is 10.4 Å². The molecule has 2 aromatic rings. The van der Waals surface area contributed by atoms with Crippen LogP contribution >= 0.6 is 23.2 Å². The maximum absolute atomic E-state index is 13.0. The zero-order chi connectivity index (χ0) is 21.4. The molecule has 1 saturated carbocycles. The van der Waals surface area contributed by atoms with Crippen molar-refractivity contribution in [2.24, 2.45) is 5.92 Å². The number of carbonyl (C=O) groups is 2. The van der Waals surface area contributed by atoms with Crippen LogP contribution in [0.2, 0.25) is 10.0 Å². The number of hydrogen-bond acceptors (Lipinski definition) is 3. The highest BCUT2D eigenvalue weighted by atomic mass is 35.5.